The summed E-state index contributed by atoms with van der Waals surface area (Å²) in [6, 6.07) is 12.9. The highest BCUT2D eigenvalue weighted by Crippen LogP contribution is 2.48. The second-order valence-electron chi connectivity index (χ2n) is 6.92. The number of halogens is 3. The molecule has 0 saturated heterocycles. The minimum absolute atomic E-state index is 0.0185. The Bertz CT molecular complexity index is 1190. The van der Waals surface area contributed by atoms with Crippen molar-refractivity contribution in [3.05, 3.63) is 59.9 Å². The van der Waals surface area contributed by atoms with Gasteiger partial charge in [0.15, 0.2) is 0 Å². The first-order chi connectivity index (χ1) is 14.9. The van der Waals surface area contributed by atoms with E-state index in [0.29, 0.717) is 0 Å². The lowest BCUT2D eigenvalue weighted by Gasteiger charge is -2.04. The zero-order valence-electron chi connectivity index (χ0n) is 16.3. The van der Waals surface area contributed by atoms with Crippen molar-refractivity contribution in [1.82, 2.24) is 9.88 Å². The number of thiophene rings is 1. The lowest BCUT2D eigenvalue weighted by molar-refractivity contribution is -0.155. The van der Waals surface area contributed by atoms with Crippen LogP contribution in [0.15, 0.2) is 57.3 Å². The van der Waals surface area contributed by atoms with Gasteiger partial charge in [0, 0.05) is 18.0 Å². The van der Waals surface area contributed by atoms with Crippen molar-refractivity contribution in [2.24, 2.45) is 5.92 Å². The van der Waals surface area contributed by atoms with E-state index in [1.165, 1.54) is 12.1 Å². The monoisotopic (exact) mass is 490 g/mol. The molecule has 8 nitrogen and oxygen atoms in total. The van der Waals surface area contributed by atoms with Crippen LogP contribution in [0.5, 0.6) is 0 Å². The molecule has 2 aromatic heterocycles. The second-order valence-corrected chi connectivity index (χ2v) is 9.94. The molecule has 172 valence electrons. The van der Waals surface area contributed by atoms with Crippen LogP contribution in [0.1, 0.15) is 24.2 Å². The molecule has 0 unspecified atom stereocenters. The normalized spacial score (nSPS) is 20.3. The first-order valence-electron chi connectivity index (χ1n) is 9.03. The number of sulfonamides is 1. The molecule has 0 spiro atoms. The average Bonchev–Trinajstić information content (AvgIpc) is 3.15. The molecule has 1 fully saturated rings. The van der Waals surface area contributed by atoms with Crippen LogP contribution in [-0.2, 0) is 16.2 Å². The Hall–Kier alpha value is -2.90. The van der Waals surface area contributed by atoms with Crippen molar-refractivity contribution in [3.63, 3.8) is 0 Å². The van der Waals surface area contributed by atoms with Crippen molar-refractivity contribution in [1.29, 1.82) is 0 Å². The summed E-state index contributed by atoms with van der Waals surface area (Å²) in [4.78, 5) is 8.84. The summed E-state index contributed by atoms with van der Waals surface area (Å²) in [7, 11) is -3.79. The van der Waals surface area contributed by atoms with Gasteiger partial charge in [-0.05, 0) is 23.6 Å². The van der Waals surface area contributed by atoms with Crippen molar-refractivity contribution in [3.8, 4) is 10.6 Å². The van der Waals surface area contributed by atoms with Crippen LogP contribution in [0.25, 0.3) is 10.6 Å². The van der Waals surface area contributed by atoms with Gasteiger partial charge in [0.2, 0.25) is 15.8 Å². The maximum absolute atomic E-state index is 12.7. The predicted molar refractivity (Wildman–Crippen MR) is 108 cm³/mol. The number of carbonyl (C=O) groups is 1. The molecule has 2 heterocycles. The van der Waals surface area contributed by atoms with Crippen LogP contribution in [0.4, 0.5) is 18.0 Å². The Labute approximate surface area is 184 Å². The highest BCUT2D eigenvalue weighted by molar-refractivity contribution is 7.91. The third kappa shape index (κ3) is 5.47. The smallest absolute Gasteiger partial charge is 0.450 e. The summed E-state index contributed by atoms with van der Waals surface area (Å²) in [5.41, 5.74) is 1.01. The number of aromatic nitrogens is 1. The fourth-order valence-electron chi connectivity index (χ4n) is 3.19. The van der Waals surface area contributed by atoms with E-state index in [9.17, 15) is 21.6 Å². The van der Waals surface area contributed by atoms with E-state index >= 15 is 0 Å². The van der Waals surface area contributed by atoms with Crippen LogP contribution < -0.4 is 4.72 Å². The van der Waals surface area contributed by atoms with Gasteiger partial charge < -0.3 is 14.7 Å². The van der Waals surface area contributed by atoms with Crippen LogP contribution in [0.2, 0.25) is 0 Å². The Morgan fingerprint density at radius 3 is 2.34 bits per heavy atom. The quantitative estimate of drug-likeness (QED) is 0.472. The van der Waals surface area contributed by atoms with E-state index in [2.05, 4.69) is 14.4 Å². The molecule has 1 aromatic carbocycles. The first kappa shape index (κ1) is 23.8. The predicted octanol–water partition coefficient (Wildman–Crippen LogP) is 4.72. The van der Waals surface area contributed by atoms with Gasteiger partial charge >= 0.3 is 12.3 Å². The van der Waals surface area contributed by atoms with Crippen molar-refractivity contribution >= 4 is 27.5 Å². The van der Waals surface area contributed by atoms with Crippen LogP contribution in [-0.4, -0.2) is 36.0 Å². The minimum atomic E-state index is -4.65. The highest BCUT2D eigenvalue weighted by Gasteiger charge is 2.49. The van der Waals surface area contributed by atoms with Crippen LogP contribution >= 0.6 is 11.3 Å². The van der Waals surface area contributed by atoms with Crippen LogP contribution in [0.3, 0.4) is 0 Å². The van der Waals surface area contributed by atoms with E-state index in [0.717, 1.165) is 23.0 Å². The number of alkyl halides is 3. The van der Waals surface area contributed by atoms with E-state index in [1.807, 2.05) is 37.3 Å². The maximum atomic E-state index is 12.7. The lowest BCUT2D eigenvalue weighted by Crippen LogP contribution is -2.27. The number of hydrogen-bond donors (Lipinski definition) is 3. The second kappa shape index (κ2) is 8.92. The number of carboxylic acid groups (broad SMARTS) is 2. The molecule has 32 heavy (non-hydrogen) atoms. The summed E-state index contributed by atoms with van der Waals surface area (Å²) >= 11 is 0.845. The molecule has 1 saturated carbocycles. The Balaban J connectivity index is 0.000000668. The summed E-state index contributed by atoms with van der Waals surface area (Å²) in [6.07, 6.45) is -6.48. The van der Waals surface area contributed by atoms with Gasteiger partial charge in [-0.15, -0.1) is 11.3 Å². The Kier molecular flexibility index (Phi) is 6.62. The van der Waals surface area contributed by atoms with E-state index in [-0.39, 0.29) is 32.7 Å². The molecule has 1 aliphatic carbocycles. The Morgan fingerprint density at radius 2 is 1.78 bits per heavy atom. The zero-order valence-corrected chi connectivity index (χ0v) is 17.9. The third-order valence-electron chi connectivity index (χ3n) is 4.74. The number of nitrogens with one attached hydrogen (secondary N) is 1. The van der Waals surface area contributed by atoms with Gasteiger partial charge in [0.1, 0.15) is 9.90 Å². The molecule has 4 rings (SSSR count). The highest BCUT2D eigenvalue weighted by atomic mass is 32.2. The maximum Gasteiger partial charge on any atom is 0.503 e. The van der Waals surface area contributed by atoms with Crippen molar-refractivity contribution < 1.29 is 41.1 Å². The van der Waals surface area contributed by atoms with Gasteiger partial charge in [-0.1, -0.05) is 42.4 Å². The van der Waals surface area contributed by atoms with Crippen molar-refractivity contribution in [2.75, 3.05) is 0 Å². The topological polar surface area (TPSA) is 130 Å². The number of hydrogen-bond acceptors (Lipinski definition) is 6. The number of nitrogens with zero attached hydrogens (tertiary/aromatic N) is 1. The van der Waals surface area contributed by atoms with Gasteiger partial charge in [0.05, 0.1) is 4.88 Å². The lowest BCUT2D eigenvalue weighted by atomic mass is 10.1. The largest absolute Gasteiger partial charge is 0.503 e. The summed E-state index contributed by atoms with van der Waals surface area (Å²) < 4.78 is 70.3. The number of rotatable bonds is 5. The average molecular weight is 490 g/mol. The molecule has 0 amide bonds. The summed E-state index contributed by atoms with van der Waals surface area (Å²) in [6.45, 7) is 1.97. The molecular weight excluding hydrogens is 473 g/mol. The molecule has 1 aliphatic rings. The molecule has 0 bridgehead atoms. The molecule has 3 atom stereocenters. The summed E-state index contributed by atoms with van der Waals surface area (Å²) in [5, 5.41) is 17.3. The van der Waals surface area contributed by atoms with E-state index in [4.69, 9.17) is 15.0 Å². The molecule has 3 aromatic rings. The van der Waals surface area contributed by atoms with Gasteiger partial charge in [-0.2, -0.15) is 13.2 Å². The SMILES string of the molecule is C[C@H]1[C@H](NS(=O)(=O)c2ccc(-c3cc(C(F)(F)F)on3)s2)[C@H]1c1ccccc1.O=C(O)O. The van der Waals surface area contributed by atoms with Gasteiger partial charge in [-0.3, -0.25) is 0 Å². The fraction of sp³-hybridized carbons (Fsp3) is 0.263. The van der Waals surface area contributed by atoms with Gasteiger partial charge in [0.25, 0.3) is 0 Å². The molecule has 3 N–H and O–H groups in total. The van der Waals surface area contributed by atoms with Crippen LogP contribution in [0, 0.1) is 5.92 Å². The fourth-order valence-corrected chi connectivity index (χ4v) is 5.82. The zero-order chi connectivity index (χ0) is 23.7. The molecule has 0 radical (unpaired) electrons. The van der Waals surface area contributed by atoms with E-state index < -0.39 is 28.1 Å². The molecule has 0 aliphatic heterocycles. The summed E-state index contributed by atoms with van der Waals surface area (Å²) in [5.74, 6) is -0.974. The standard InChI is InChI=1S/C18H15F3N2O3S2.CH2O3/c1-10-16(11-5-3-2-4-6-11)17(10)23-28(24,25)15-8-7-13(27-15)12-9-14(26-22-12)18(19,20)21;2-1(3)4/h2-10,16-17,23H,1H3;(H2,2,3,4)/t10-,16-,17+;/m1./s1. The number of benzene rings is 1. The third-order valence-corrected chi connectivity index (χ3v) is 7.80. The Morgan fingerprint density at radius 1 is 1.16 bits per heavy atom. The van der Waals surface area contributed by atoms with Gasteiger partial charge in [-0.25, -0.2) is 17.9 Å². The molecular formula is C19H17F3N2O6S2. The van der Waals surface area contributed by atoms with E-state index in [1.54, 1.807) is 0 Å². The molecule has 13 heteroatoms. The first-order valence-corrected chi connectivity index (χ1v) is 11.3. The minimum Gasteiger partial charge on any atom is -0.450 e. The van der Waals surface area contributed by atoms with Crippen molar-refractivity contribution in [2.45, 2.75) is 29.3 Å².